The Morgan fingerprint density at radius 3 is 2.52 bits per heavy atom. The SMILES string of the molecule is Cc1cc(=O)n(-c2ccc(N3CCC(O)CC3)c(F)c2)c(C)n1. The molecule has 6 heteroatoms. The van der Waals surface area contributed by atoms with Crippen LogP contribution in [0.1, 0.15) is 24.4 Å². The summed E-state index contributed by atoms with van der Waals surface area (Å²) < 4.78 is 15.9. The number of aliphatic hydroxyl groups is 1. The topological polar surface area (TPSA) is 58.4 Å². The van der Waals surface area contributed by atoms with Crippen LogP contribution in [-0.4, -0.2) is 33.9 Å². The van der Waals surface area contributed by atoms with E-state index < -0.39 is 0 Å². The zero-order valence-corrected chi connectivity index (χ0v) is 13.3. The maximum absolute atomic E-state index is 14.5. The van der Waals surface area contributed by atoms with Gasteiger partial charge in [0.1, 0.15) is 11.6 Å². The summed E-state index contributed by atoms with van der Waals surface area (Å²) in [6.07, 6.45) is 0.983. The molecule has 1 aliphatic rings. The van der Waals surface area contributed by atoms with Gasteiger partial charge in [0, 0.05) is 30.9 Å². The zero-order chi connectivity index (χ0) is 16.6. The van der Waals surface area contributed by atoms with Crippen LogP contribution in [0, 0.1) is 19.7 Å². The van der Waals surface area contributed by atoms with E-state index >= 15 is 0 Å². The Bertz CT molecular complexity index is 780. The molecule has 1 N–H and O–H groups in total. The van der Waals surface area contributed by atoms with Gasteiger partial charge in [-0.05, 0) is 38.8 Å². The van der Waals surface area contributed by atoms with Crippen molar-refractivity contribution in [2.75, 3.05) is 18.0 Å². The second-order valence-electron chi connectivity index (χ2n) is 5.97. The minimum Gasteiger partial charge on any atom is -0.393 e. The van der Waals surface area contributed by atoms with Gasteiger partial charge in [-0.25, -0.2) is 9.37 Å². The Labute approximate surface area is 134 Å². The number of anilines is 1. The van der Waals surface area contributed by atoms with Crippen molar-refractivity contribution >= 4 is 5.69 Å². The lowest BCUT2D eigenvalue weighted by Crippen LogP contribution is -2.36. The second kappa shape index (κ2) is 6.12. The van der Waals surface area contributed by atoms with E-state index in [0.29, 0.717) is 48.8 Å². The van der Waals surface area contributed by atoms with Crippen molar-refractivity contribution in [3.63, 3.8) is 0 Å². The smallest absolute Gasteiger partial charge is 0.258 e. The van der Waals surface area contributed by atoms with Gasteiger partial charge in [0.25, 0.3) is 5.56 Å². The summed E-state index contributed by atoms with van der Waals surface area (Å²) in [6, 6.07) is 6.22. The van der Waals surface area contributed by atoms with E-state index in [2.05, 4.69) is 4.98 Å². The third-order valence-electron chi connectivity index (χ3n) is 4.21. The summed E-state index contributed by atoms with van der Waals surface area (Å²) in [7, 11) is 0. The van der Waals surface area contributed by atoms with Gasteiger partial charge in [0.05, 0.1) is 17.5 Å². The highest BCUT2D eigenvalue weighted by atomic mass is 19.1. The Morgan fingerprint density at radius 2 is 1.91 bits per heavy atom. The lowest BCUT2D eigenvalue weighted by Gasteiger charge is -2.31. The first-order chi connectivity index (χ1) is 11.0. The number of nitrogens with zero attached hydrogens (tertiary/aromatic N) is 3. The first-order valence-corrected chi connectivity index (χ1v) is 7.76. The molecule has 1 aromatic heterocycles. The third kappa shape index (κ3) is 3.12. The van der Waals surface area contributed by atoms with Crippen LogP contribution in [0.2, 0.25) is 0 Å². The van der Waals surface area contributed by atoms with Gasteiger partial charge in [0.2, 0.25) is 0 Å². The Morgan fingerprint density at radius 1 is 1.22 bits per heavy atom. The van der Waals surface area contributed by atoms with Gasteiger partial charge in [-0.15, -0.1) is 0 Å². The van der Waals surface area contributed by atoms with E-state index in [1.165, 1.54) is 16.7 Å². The fourth-order valence-corrected chi connectivity index (χ4v) is 3.05. The molecule has 0 saturated carbocycles. The molecule has 0 amide bonds. The molecule has 23 heavy (non-hydrogen) atoms. The van der Waals surface area contributed by atoms with Gasteiger partial charge in [-0.3, -0.25) is 9.36 Å². The number of halogens is 1. The van der Waals surface area contributed by atoms with E-state index in [1.54, 1.807) is 26.0 Å². The predicted molar refractivity (Wildman–Crippen MR) is 86.7 cm³/mol. The van der Waals surface area contributed by atoms with Crippen LogP contribution in [0.3, 0.4) is 0 Å². The number of hydrogen-bond acceptors (Lipinski definition) is 4. The van der Waals surface area contributed by atoms with Crippen molar-refractivity contribution in [3.8, 4) is 5.69 Å². The summed E-state index contributed by atoms with van der Waals surface area (Å²) in [5.41, 5.74) is 1.40. The zero-order valence-electron chi connectivity index (χ0n) is 13.3. The first kappa shape index (κ1) is 15.7. The van der Waals surface area contributed by atoms with E-state index in [9.17, 15) is 14.3 Å². The minimum absolute atomic E-state index is 0.219. The molecule has 2 heterocycles. The summed E-state index contributed by atoms with van der Waals surface area (Å²) >= 11 is 0. The number of aliphatic hydroxyl groups excluding tert-OH is 1. The fraction of sp³-hybridized carbons (Fsp3) is 0.412. The standard InChI is InChI=1S/C17H20FN3O2/c1-11-9-17(23)21(12(2)19-11)13-3-4-16(15(18)10-13)20-7-5-14(22)6-8-20/h3-4,9-10,14,22H,5-8H2,1-2H3. The average molecular weight is 317 g/mol. The van der Waals surface area contributed by atoms with Crippen molar-refractivity contribution in [1.82, 2.24) is 9.55 Å². The molecular weight excluding hydrogens is 297 g/mol. The first-order valence-electron chi connectivity index (χ1n) is 7.76. The second-order valence-corrected chi connectivity index (χ2v) is 5.97. The molecule has 1 fully saturated rings. The molecule has 122 valence electrons. The summed E-state index contributed by atoms with van der Waals surface area (Å²) in [4.78, 5) is 18.3. The highest BCUT2D eigenvalue weighted by molar-refractivity contribution is 5.53. The fourth-order valence-electron chi connectivity index (χ4n) is 3.05. The number of rotatable bonds is 2. The quantitative estimate of drug-likeness (QED) is 0.920. The highest BCUT2D eigenvalue weighted by Crippen LogP contribution is 2.25. The molecule has 1 aliphatic heterocycles. The number of hydrogen-bond donors (Lipinski definition) is 1. The van der Waals surface area contributed by atoms with Crippen molar-refractivity contribution < 1.29 is 9.50 Å². The maximum Gasteiger partial charge on any atom is 0.258 e. The Balaban J connectivity index is 1.95. The molecule has 1 aromatic carbocycles. The van der Waals surface area contributed by atoms with E-state index in [1.807, 2.05) is 4.90 Å². The van der Waals surface area contributed by atoms with E-state index in [4.69, 9.17) is 0 Å². The summed E-state index contributed by atoms with van der Waals surface area (Å²) in [6.45, 7) is 4.74. The largest absolute Gasteiger partial charge is 0.393 e. The van der Waals surface area contributed by atoms with Gasteiger partial charge in [-0.2, -0.15) is 0 Å². The van der Waals surface area contributed by atoms with Crippen molar-refractivity contribution in [3.05, 3.63) is 52.0 Å². The van der Waals surface area contributed by atoms with Crippen LogP contribution in [0.5, 0.6) is 0 Å². The molecule has 0 atom stereocenters. The van der Waals surface area contributed by atoms with Crippen LogP contribution in [0.25, 0.3) is 5.69 Å². The summed E-state index contributed by atoms with van der Waals surface area (Å²) in [5, 5.41) is 9.55. The molecule has 0 bridgehead atoms. The molecule has 2 aromatic rings. The van der Waals surface area contributed by atoms with Crippen LogP contribution in [0.15, 0.2) is 29.1 Å². The lowest BCUT2D eigenvalue weighted by molar-refractivity contribution is 0.145. The summed E-state index contributed by atoms with van der Waals surface area (Å²) in [5.74, 6) is 0.161. The predicted octanol–water partition coefficient (Wildman–Crippen LogP) is 1.95. The number of aryl methyl sites for hydroxylation is 2. The van der Waals surface area contributed by atoms with Gasteiger partial charge in [-0.1, -0.05) is 0 Å². The molecule has 3 rings (SSSR count). The molecule has 0 aliphatic carbocycles. The van der Waals surface area contributed by atoms with Crippen LogP contribution < -0.4 is 10.5 Å². The van der Waals surface area contributed by atoms with Crippen molar-refractivity contribution in [1.29, 1.82) is 0 Å². The van der Waals surface area contributed by atoms with Crippen LogP contribution >= 0.6 is 0 Å². The lowest BCUT2D eigenvalue weighted by atomic mass is 10.1. The average Bonchev–Trinajstić information content (AvgIpc) is 2.47. The van der Waals surface area contributed by atoms with E-state index in [0.717, 1.165) is 0 Å². The molecule has 0 spiro atoms. The van der Waals surface area contributed by atoms with Crippen molar-refractivity contribution in [2.45, 2.75) is 32.8 Å². The van der Waals surface area contributed by atoms with Crippen molar-refractivity contribution in [2.24, 2.45) is 0 Å². The number of piperidine rings is 1. The van der Waals surface area contributed by atoms with Crippen LogP contribution in [0.4, 0.5) is 10.1 Å². The van der Waals surface area contributed by atoms with E-state index in [-0.39, 0.29) is 17.5 Å². The Kier molecular flexibility index (Phi) is 4.17. The number of aromatic nitrogens is 2. The third-order valence-corrected chi connectivity index (χ3v) is 4.21. The molecule has 1 saturated heterocycles. The molecule has 0 unspecified atom stereocenters. The van der Waals surface area contributed by atoms with Gasteiger partial charge < -0.3 is 10.0 Å². The monoisotopic (exact) mass is 317 g/mol. The van der Waals surface area contributed by atoms with Crippen LogP contribution in [-0.2, 0) is 0 Å². The molecular formula is C17H20FN3O2. The maximum atomic E-state index is 14.5. The number of benzene rings is 1. The minimum atomic E-state index is -0.370. The Hall–Kier alpha value is -2.21. The highest BCUT2D eigenvalue weighted by Gasteiger charge is 2.20. The molecule has 0 radical (unpaired) electrons. The van der Waals surface area contributed by atoms with Gasteiger partial charge >= 0.3 is 0 Å². The normalized spacial score (nSPS) is 15.9. The van der Waals surface area contributed by atoms with Gasteiger partial charge in [0.15, 0.2) is 0 Å². The molecule has 5 nitrogen and oxygen atoms in total.